The fraction of sp³-hybridized carbons (Fsp3) is 0.208. The number of carbonyl (C=O) groups is 1. The Hall–Kier alpha value is -2.77. The van der Waals surface area contributed by atoms with Crippen molar-refractivity contribution in [2.24, 2.45) is 0 Å². The Morgan fingerprint density at radius 3 is 2.09 bits per heavy atom. The van der Waals surface area contributed by atoms with Crippen molar-refractivity contribution in [3.63, 3.8) is 0 Å². The Balaban J connectivity index is 2.10. The fourth-order valence-electron chi connectivity index (χ4n) is 3.30. The van der Waals surface area contributed by atoms with Gasteiger partial charge in [0.1, 0.15) is 12.3 Å². The first-order valence-electron chi connectivity index (χ1n) is 10.5. The van der Waals surface area contributed by atoms with Gasteiger partial charge in [-0.25, -0.2) is 8.42 Å². The zero-order valence-electron chi connectivity index (χ0n) is 18.5. The van der Waals surface area contributed by atoms with Gasteiger partial charge in [-0.3, -0.25) is 14.4 Å². The van der Waals surface area contributed by atoms with Gasteiger partial charge in [0.2, 0.25) is 10.0 Å². The Morgan fingerprint density at radius 1 is 0.939 bits per heavy atom. The zero-order chi connectivity index (χ0) is 23.9. The number of rotatable bonds is 10. The minimum absolute atomic E-state index is 0.0547. The van der Waals surface area contributed by atoms with Crippen molar-refractivity contribution < 1.29 is 22.5 Å². The number of benzene rings is 3. The van der Waals surface area contributed by atoms with Crippen LogP contribution in [-0.4, -0.2) is 27.5 Å². The molecule has 0 amide bonds. The maximum absolute atomic E-state index is 14.5. The van der Waals surface area contributed by atoms with Crippen molar-refractivity contribution in [1.29, 1.82) is 0 Å². The van der Waals surface area contributed by atoms with Crippen molar-refractivity contribution in [3.05, 3.63) is 96.1 Å². The van der Waals surface area contributed by atoms with Gasteiger partial charge in [0.15, 0.2) is 7.29 Å². The summed E-state index contributed by atoms with van der Waals surface area (Å²) >= 11 is 0. The lowest BCUT2D eigenvalue weighted by atomic mass is 10.2. The standard InChI is InChI=1S/C24H27N2O5PS/c1-3-31-23(27)18-25-32(28,21-12-8-5-9-13-21)24(20-10-6-4-7-11-20)26-33(29,30)22-16-14-19(2)15-17-22/h4-17,24,26H,3,18H2,1-2H3,(H,25,28). The van der Waals surface area contributed by atoms with E-state index < -0.39 is 29.1 Å². The van der Waals surface area contributed by atoms with Gasteiger partial charge in [0, 0.05) is 5.30 Å². The Kier molecular flexibility index (Phi) is 8.21. The van der Waals surface area contributed by atoms with Gasteiger partial charge in [-0.15, -0.1) is 0 Å². The van der Waals surface area contributed by atoms with E-state index in [4.69, 9.17) is 4.74 Å². The number of hydrogen-bond donors (Lipinski definition) is 2. The number of ether oxygens (including phenoxy) is 1. The van der Waals surface area contributed by atoms with Crippen molar-refractivity contribution in [2.75, 3.05) is 13.2 Å². The van der Waals surface area contributed by atoms with E-state index in [9.17, 15) is 17.8 Å². The first kappa shape index (κ1) is 24.9. The molecule has 2 N–H and O–H groups in total. The molecular formula is C24H27N2O5PS. The van der Waals surface area contributed by atoms with E-state index in [-0.39, 0.29) is 18.0 Å². The molecule has 3 aromatic carbocycles. The highest BCUT2D eigenvalue weighted by molar-refractivity contribution is 7.90. The van der Waals surface area contributed by atoms with Gasteiger partial charge in [-0.2, -0.15) is 4.72 Å². The largest absolute Gasteiger partial charge is 0.465 e. The summed E-state index contributed by atoms with van der Waals surface area (Å²) in [5.74, 6) is -1.75. The van der Waals surface area contributed by atoms with Gasteiger partial charge in [0.25, 0.3) is 0 Å². The summed E-state index contributed by atoms with van der Waals surface area (Å²) in [5, 5.41) is 3.22. The monoisotopic (exact) mass is 486 g/mol. The third kappa shape index (κ3) is 6.18. The fourth-order valence-corrected chi connectivity index (χ4v) is 7.60. The molecule has 2 unspecified atom stereocenters. The van der Waals surface area contributed by atoms with Crippen molar-refractivity contribution in [3.8, 4) is 0 Å². The molecule has 0 heterocycles. The second kappa shape index (κ2) is 10.9. The van der Waals surface area contributed by atoms with E-state index in [1.807, 2.05) is 6.92 Å². The van der Waals surface area contributed by atoms with E-state index in [1.54, 1.807) is 79.7 Å². The number of esters is 1. The van der Waals surface area contributed by atoms with Crippen LogP contribution < -0.4 is 15.1 Å². The van der Waals surface area contributed by atoms with Gasteiger partial charge in [0.05, 0.1) is 11.5 Å². The normalized spacial score (nSPS) is 14.2. The predicted molar refractivity (Wildman–Crippen MR) is 129 cm³/mol. The quantitative estimate of drug-likeness (QED) is 0.335. The average Bonchev–Trinajstić information content (AvgIpc) is 2.83. The lowest BCUT2D eigenvalue weighted by molar-refractivity contribution is -0.141. The van der Waals surface area contributed by atoms with Gasteiger partial charge < -0.3 is 4.74 Å². The molecule has 0 aromatic heterocycles. The third-order valence-electron chi connectivity index (χ3n) is 4.98. The second-order valence-corrected chi connectivity index (χ2v) is 11.8. The van der Waals surface area contributed by atoms with E-state index in [0.29, 0.717) is 10.9 Å². The third-order valence-corrected chi connectivity index (χ3v) is 9.44. The summed E-state index contributed by atoms with van der Waals surface area (Å²) < 4.78 is 48.7. The highest BCUT2D eigenvalue weighted by Gasteiger charge is 2.39. The summed E-state index contributed by atoms with van der Waals surface area (Å²) in [6.07, 6.45) is 0. The van der Waals surface area contributed by atoms with Gasteiger partial charge >= 0.3 is 5.97 Å². The average molecular weight is 487 g/mol. The lowest BCUT2D eigenvalue weighted by Gasteiger charge is -2.30. The molecule has 0 aliphatic heterocycles. The molecule has 3 rings (SSSR count). The maximum atomic E-state index is 14.5. The molecule has 0 aliphatic rings. The van der Waals surface area contributed by atoms with Crippen LogP contribution in [-0.2, 0) is 24.1 Å². The number of aryl methyl sites for hydroxylation is 1. The van der Waals surface area contributed by atoms with E-state index in [1.165, 1.54) is 12.1 Å². The minimum atomic E-state index is -4.04. The van der Waals surface area contributed by atoms with Crippen LogP contribution in [0.1, 0.15) is 23.8 Å². The number of nitrogens with one attached hydrogen (secondary N) is 2. The molecular weight excluding hydrogens is 459 g/mol. The molecule has 33 heavy (non-hydrogen) atoms. The van der Waals surface area contributed by atoms with Gasteiger partial charge in [-0.1, -0.05) is 78.4 Å². The molecule has 0 spiro atoms. The molecule has 7 nitrogen and oxygen atoms in total. The molecule has 0 saturated carbocycles. The topological polar surface area (TPSA) is 102 Å². The van der Waals surface area contributed by atoms with Crippen LogP contribution >= 0.6 is 7.29 Å². The minimum Gasteiger partial charge on any atom is -0.465 e. The molecule has 2 atom stereocenters. The molecule has 0 aliphatic carbocycles. The van der Waals surface area contributed by atoms with Gasteiger partial charge in [-0.05, 0) is 31.5 Å². The molecule has 9 heteroatoms. The maximum Gasteiger partial charge on any atom is 0.320 e. The molecule has 0 radical (unpaired) electrons. The number of hydrogen-bond acceptors (Lipinski definition) is 5. The Bertz CT molecular complexity index is 1220. The van der Waals surface area contributed by atoms with Crippen LogP contribution in [0.5, 0.6) is 0 Å². The first-order chi connectivity index (χ1) is 15.8. The molecule has 0 saturated heterocycles. The van der Waals surface area contributed by atoms with Crippen LogP contribution in [0, 0.1) is 6.92 Å². The molecule has 174 valence electrons. The van der Waals surface area contributed by atoms with Crippen LogP contribution in [0.15, 0.2) is 89.8 Å². The number of carbonyl (C=O) groups excluding carboxylic acids is 1. The lowest BCUT2D eigenvalue weighted by Crippen LogP contribution is -2.37. The molecule has 0 fully saturated rings. The van der Waals surface area contributed by atoms with Crippen LogP contribution in [0.2, 0.25) is 0 Å². The first-order valence-corrected chi connectivity index (χ1v) is 13.7. The zero-order valence-corrected chi connectivity index (χ0v) is 20.2. The van der Waals surface area contributed by atoms with E-state index in [0.717, 1.165) is 5.56 Å². The summed E-state index contributed by atoms with van der Waals surface area (Å²) in [4.78, 5) is 12.1. The van der Waals surface area contributed by atoms with Crippen LogP contribution in [0.25, 0.3) is 0 Å². The SMILES string of the molecule is CCOC(=O)CNP(=O)(c1ccccc1)C(NS(=O)(=O)c1ccc(C)cc1)c1ccccc1. The Morgan fingerprint density at radius 2 is 1.52 bits per heavy atom. The highest BCUT2D eigenvalue weighted by atomic mass is 32.2. The summed E-state index contributed by atoms with van der Waals surface area (Å²) in [6, 6.07) is 23.5. The van der Waals surface area contributed by atoms with E-state index in [2.05, 4.69) is 9.81 Å². The highest BCUT2D eigenvalue weighted by Crippen LogP contribution is 2.53. The van der Waals surface area contributed by atoms with E-state index >= 15 is 0 Å². The van der Waals surface area contributed by atoms with Crippen molar-refractivity contribution in [2.45, 2.75) is 24.5 Å². The summed E-state index contributed by atoms with van der Waals surface area (Å²) in [7, 11) is -7.79. The second-order valence-electron chi connectivity index (χ2n) is 7.38. The predicted octanol–water partition coefficient (Wildman–Crippen LogP) is 3.73. The van der Waals surface area contributed by atoms with Crippen molar-refractivity contribution >= 4 is 28.6 Å². The number of sulfonamides is 1. The Labute approximate surface area is 194 Å². The molecule has 0 bridgehead atoms. The smallest absolute Gasteiger partial charge is 0.320 e. The van der Waals surface area contributed by atoms with Crippen molar-refractivity contribution in [1.82, 2.24) is 9.81 Å². The summed E-state index contributed by atoms with van der Waals surface area (Å²) in [5.41, 5.74) is 1.41. The van der Waals surface area contributed by atoms with Crippen LogP contribution in [0.3, 0.4) is 0 Å². The van der Waals surface area contributed by atoms with Crippen LogP contribution in [0.4, 0.5) is 0 Å². The summed E-state index contributed by atoms with van der Waals surface area (Å²) in [6.45, 7) is 3.38. The molecule has 3 aromatic rings.